The minimum Gasteiger partial charge on any atom is -0.277 e. The lowest BCUT2D eigenvalue weighted by molar-refractivity contribution is 0.493. The van der Waals surface area contributed by atoms with Crippen LogP contribution in [0.4, 0.5) is 10.1 Å². The number of sulfonamides is 1. The molecule has 1 aromatic carbocycles. The van der Waals surface area contributed by atoms with Gasteiger partial charge in [0.25, 0.3) is 10.0 Å². The first kappa shape index (κ1) is 18.9. The highest BCUT2D eigenvalue weighted by atomic mass is 79.9. The molecule has 2 aromatic rings. The molecule has 0 fully saturated rings. The summed E-state index contributed by atoms with van der Waals surface area (Å²) in [7, 11) is -3.96. The lowest BCUT2D eigenvalue weighted by Gasteiger charge is -2.18. The second kappa shape index (κ2) is 6.48. The van der Waals surface area contributed by atoms with Crippen molar-refractivity contribution in [1.82, 2.24) is 9.78 Å². The maximum absolute atomic E-state index is 14.0. The Kier molecular flexibility index (Phi) is 5.11. The summed E-state index contributed by atoms with van der Waals surface area (Å²) >= 11 is 3.15. The molecular weight excluding hydrogens is 397 g/mol. The summed E-state index contributed by atoms with van der Waals surface area (Å²) in [5.41, 5.74) is -0.126. The molecule has 2 rings (SSSR count). The fourth-order valence-electron chi connectivity index (χ4n) is 2.13. The van der Waals surface area contributed by atoms with Crippen molar-refractivity contribution >= 4 is 31.6 Å². The fourth-order valence-corrected chi connectivity index (χ4v) is 3.87. The number of benzene rings is 1. The lowest BCUT2D eigenvalue weighted by atomic mass is 9.92. The molecule has 1 heterocycles. The molecule has 0 aliphatic rings. The standard InChI is InChI=1S/C16H21BrFN3O2S/c1-10(2)21-9-14(15(19-21)16(3,4)5)24(22,23)20-13-7-6-11(17)8-12(13)18/h6-10,20H,1-5H3. The average molecular weight is 418 g/mol. The van der Waals surface area contributed by atoms with E-state index in [-0.39, 0.29) is 16.6 Å². The SMILES string of the molecule is CC(C)n1cc(S(=O)(=O)Nc2ccc(Br)cc2F)c(C(C)(C)C)n1. The largest absolute Gasteiger partial charge is 0.277 e. The van der Waals surface area contributed by atoms with Gasteiger partial charge in [0.1, 0.15) is 10.7 Å². The molecule has 1 aromatic heterocycles. The number of anilines is 1. The van der Waals surface area contributed by atoms with Gasteiger partial charge in [0.05, 0.1) is 11.4 Å². The van der Waals surface area contributed by atoms with Crippen molar-refractivity contribution in [2.45, 2.75) is 51.0 Å². The quantitative estimate of drug-likeness (QED) is 0.797. The molecule has 8 heteroatoms. The first-order chi connectivity index (χ1) is 10.9. The van der Waals surface area contributed by atoms with Gasteiger partial charge in [-0.25, -0.2) is 12.8 Å². The molecule has 0 aliphatic heterocycles. The second-order valence-corrected chi connectivity index (χ2v) is 9.46. The van der Waals surface area contributed by atoms with E-state index in [2.05, 4.69) is 25.8 Å². The Balaban J connectivity index is 2.52. The van der Waals surface area contributed by atoms with Crippen LogP contribution in [0.25, 0.3) is 0 Å². The normalized spacial score (nSPS) is 12.7. The van der Waals surface area contributed by atoms with Crippen LogP contribution in [0.2, 0.25) is 0 Å². The Hall–Kier alpha value is -1.41. The van der Waals surface area contributed by atoms with Crippen molar-refractivity contribution < 1.29 is 12.8 Å². The van der Waals surface area contributed by atoms with Crippen LogP contribution in [0.3, 0.4) is 0 Å². The molecule has 5 nitrogen and oxygen atoms in total. The molecule has 0 saturated heterocycles. The lowest BCUT2D eigenvalue weighted by Crippen LogP contribution is -2.20. The predicted octanol–water partition coefficient (Wildman–Crippen LogP) is 4.46. The zero-order valence-electron chi connectivity index (χ0n) is 14.3. The zero-order chi connectivity index (χ0) is 18.3. The summed E-state index contributed by atoms with van der Waals surface area (Å²) in [6.45, 7) is 9.49. The van der Waals surface area contributed by atoms with Gasteiger partial charge in [-0.05, 0) is 32.0 Å². The van der Waals surface area contributed by atoms with Gasteiger partial charge in [0.2, 0.25) is 0 Å². The molecular formula is C16H21BrFN3O2S. The van der Waals surface area contributed by atoms with Crippen molar-refractivity contribution in [3.8, 4) is 0 Å². The van der Waals surface area contributed by atoms with E-state index >= 15 is 0 Å². The van der Waals surface area contributed by atoms with Gasteiger partial charge in [-0.2, -0.15) is 5.10 Å². The maximum Gasteiger partial charge on any atom is 0.265 e. The van der Waals surface area contributed by atoms with Gasteiger partial charge in [-0.1, -0.05) is 36.7 Å². The van der Waals surface area contributed by atoms with Gasteiger partial charge in [-0.3, -0.25) is 9.40 Å². The first-order valence-corrected chi connectivity index (χ1v) is 9.77. The van der Waals surface area contributed by atoms with Crippen molar-refractivity contribution in [2.75, 3.05) is 4.72 Å². The molecule has 0 saturated carbocycles. The van der Waals surface area contributed by atoms with Crippen LogP contribution in [0.15, 0.2) is 33.8 Å². The minimum absolute atomic E-state index is 0.0134. The van der Waals surface area contributed by atoms with E-state index in [1.54, 1.807) is 10.7 Å². The third kappa shape index (κ3) is 3.97. The monoisotopic (exact) mass is 417 g/mol. The summed E-state index contributed by atoms with van der Waals surface area (Å²) in [4.78, 5) is 0.0611. The molecule has 1 N–H and O–H groups in total. The van der Waals surface area contributed by atoms with E-state index < -0.39 is 21.3 Å². The van der Waals surface area contributed by atoms with E-state index in [4.69, 9.17) is 0 Å². The highest BCUT2D eigenvalue weighted by Crippen LogP contribution is 2.30. The molecule has 132 valence electrons. The van der Waals surface area contributed by atoms with Crippen molar-refractivity contribution in [1.29, 1.82) is 0 Å². The summed E-state index contributed by atoms with van der Waals surface area (Å²) in [5.74, 6) is -0.651. The Morgan fingerprint density at radius 3 is 2.42 bits per heavy atom. The Morgan fingerprint density at radius 1 is 1.29 bits per heavy atom. The van der Waals surface area contributed by atoms with Gasteiger partial charge in [0.15, 0.2) is 0 Å². The number of hydrogen-bond donors (Lipinski definition) is 1. The number of aromatic nitrogens is 2. The molecule has 0 spiro atoms. The number of rotatable bonds is 4. The highest BCUT2D eigenvalue weighted by molar-refractivity contribution is 9.10. The van der Waals surface area contributed by atoms with Gasteiger partial charge in [0, 0.05) is 22.1 Å². The van der Waals surface area contributed by atoms with Gasteiger partial charge >= 0.3 is 0 Å². The Labute approximate surface area is 150 Å². The molecule has 0 atom stereocenters. The summed E-state index contributed by atoms with van der Waals surface area (Å²) in [5, 5.41) is 4.42. The van der Waals surface area contributed by atoms with Crippen LogP contribution in [0, 0.1) is 5.82 Å². The smallest absolute Gasteiger partial charge is 0.265 e. The molecule has 24 heavy (non-hydrogen) atoms. The molecule has 0 aliphatic carbocycles. The van der Waals surface area contributed by atoms with Crippen molar-refractivity contribution in [3.05, 3.63) is 40.4 Å². The van der Waals surface area contributed by atoms with Gasteiger partial charge < -0.3 is 0 Å². The van der Waals surface area contributed by atoms with E-state index in [0.717, 1.165) is 0 Å². The average Bonchev–Trinajstić information content (AvgIpc) is 2.88. The summed E-state index contributed by atoms with van der Waals surface area (Å²) in [6, 6.07) is 4.17. The molecule has 0 unspecified atom stereocenters. The third-order valence-electron chi connectivity index (χ3n) is 3.40. The topological polar surface area (TPSA) is 64.0 Å². The predicted molar refractivity (Wildman–Crippen MR) is 96.2 cm³/mol. The van der Waals surface area contributed by atoms with E-state index in [1.165, 1.54) is 18.3 Å². The van der Waals surface area contributed by atoms with Crippen LogP contribution in [-0.2, 0) is 15.4 Å². The van der Waals surface area contributed by atoms with Crippen LogP contribution in [0.1, 0.15) is 46.4 Å². The van der Waals surface area contributed by atoms with Crippen LogP contribution >= 0.6 is 15.9 Å². The number of nitrogens with zero attached hydrogens (tertiary/aromatic N) is 2. The number of halogens is 2. The van der Waals surface area contributed by atoms with Crippen LogP contribution < -0.4 is 4.72 Å². The van der Waals surface area contributed by atoms with Crippen molar-refractivity contribution in [3.63, 3.8) is 0 Å². The van der Waals surface area contributed by atoms with Crippen molar-refractivity contribution in [2.24, 2.45) is 0 Å². The molecule has 0 bridgehead atoms. The third-order valence-corrected chi connectivity index (χ3v) is 5.26. The maximum atomic E-state index is 14.0. The number of hydrogen-bond acceptors (Lipinski definition) is 3. The van der Waals surface area contributed by atoms with Gasteiger partial charge in [-0.15, -0.1) is 0 Å². The zero-order valence-corrected chi connectivity index (χ0v) is 16.7. The summed E-state index contributed by atoms with van der Waals surface area (Å²) < 4.78 is 44.0. The fraction of sp³-hybridized carbons (Fsp3) is 0.438. The van der Waals surface area contributed by atoms with E-state index in [1.807, 2.05) is 34.6 Å². The van der Waals surface area contributed by atoms with E-state index in [0.29, 0.717) is 10.2 Å². The van der Waals surface area contributed by atoms with Crippen LogP contribution in [0.5, 0.6) is 0 Å². The highest BCUT2D eigenvalue weighted by Gasteiger charge is 2.30. The van der Waals surface area contributed by atoms with E-state index in [9.17, 15) is 12.8 Å². The number of nitrogens with one attached hydrogen (secondary N) is 1. The van der Waals surface area contributed by atoms with Crippen LogP contribution in [-0.4, -0.2) is 18.2 Å². The Bertz CT molecular complexity index is 855. The summed E-state index contributed by atoms with van der Waals surface area (Å²) in [6.07, 6.45) is 1.49. The molecule has 0 radical (unpaired) electrons. The second-order valence-electron chi connectivity index (χ2n) is 6.90. The first-order valence-electron chi connectivity index (χ1n) is 7.49. The Morgan fingerprint density at radius 2 is 1.92 bits per heavy atom. The molecule has 0 amide bonds. The minimum atomic E-state index is -3.96.